The molecule has 0 unspecified atom stereocenters. The molecule has 0 aliphatic rings. The van der Waals surface area contributed by atoms with E-state index in [9.17, 15) is 14.4 Å². The standard InChI is InChI=1S/C17H15NO3S/c1-12-5-4-6-13(11-12)17(21)22-15-8-3-2-7-14(15)16(20)18-9-10-19/h2-8,10-11H,9H2,1H3,(H,18,20). The summed E-state index contributed by atoms with van der Waals surface area (Å²) in [6.07, 6.45) is 0.617. The van der Waals surface area contributed by atoms with Crippen molar-refractivity contribution in [2.24, 2.45) is 0 Å². The van der Waals surface area contributed by atoms with Crippen LogP contribution in [0.25, 0.3) is 0 Å². The van der Waals surface area contributed by atoms with Crippen LogP contribution in [-0.2, 0) is 4.79 Å². The van der Waals surface area contributed by atoms with E-state index in [-0.39, 0.29) is 17.6 Å². The average molecular weight is 313 g/mol. The van der Waals surface area contributed by atoms with Gasteiger partial charge in [-0.15, -0.1) is 0 Å². The summed E-state index contributed by atoms with van der Waals surface area (Å²) in [4.78, 5) is 35.2. The second kappa shape index (κ2) is 7.56. The Morgan fingerprint density at radius 3 is 2.64 bits per heavy atom. The molecule has 1 amide bonds. The molecule has 0 atom stereocenters. The van der Waals surface area contributed by atoms with Crippen LogP contribution in [0.4, 0.5) is 0 Å². The van der Waals surface area contributed by atoms with Gasteiger partial charge in [0.1, 0.15) is 6.29 Å². The smallest absolute Gasteiger partial charge is 0.252 e. The van der Waals surface area contributed by atoms with Crippen LogP contribution in [-0.4, -0.2) is 23.9 Å². The fourth-order valence-electron chi connectivity index (χ4n) is 1.90. The van der Waals surface area contributed by atoms with Gasteiger partial charge < -0.3 is 10.1 Å². The zero-order valence-electron chi connectivity index (χ0n) is 12.0. The van der Waals surface area contributed by atoms with Gasteiger partial charge >= 0.3 is 0 Å². The highest BCUT2D eigenvalue weighted by Gasteiger charge is 2.15. The zero-order valence-corrected chi connectivity index (χ0v) is 12.9. The van der Waals surface area contributed by atoms with Gasteiger partial charge in [0.05, 0.1) is 12.1 Å². The van der Waals surface area contributed by atoms with E-state index in [1.807, 2.05) is 25.1 Å². The van der Waals surface area contributed by atoms with E-state index in [1.165, 1.54) is 0 Å². The molecule has 2 aromatic carbocycles. The zero-order chi connectivity index (χ0) is 15.9. The molecule has 1 N–H and O–H groups in total. The van der Waals surface area contributed by atoms with Crippen LogP contribution in [0.1, 0.15) is 26.3 Å². The number of carbonyl (C=O) groups is 3. The third-order valence-corrected chi connectivity index (χ3v) is 3.93. The number of aryl methyl sites for hydroxylation is 1. The second-order valence-electron chi connectivity index (χ2n) is 4.63. The highest BCUT2D eigenvalue weighted by atomic mass is 32.2. The molecular formula is C17H15NO3S. The lowest BCUT2D eigenvalue weighted by Crippen LogP contribution is -2.25. The topological polar surface area (TPSA) is 63.2 Å². The first-order chi connectivity index (χ1) is 10.6. The molecule has 0 aromatic heterocycles. The van der Waals surface area contributed by atoms with Crippen LogP contribution in [0.2, 0.25) is 0 Å². The lowest BCUT2D eigenvalue weighted by molar-refractivity contribution is -0.107. The number of benzene rings is 2. The molecule has 2 rings (SSSR count). The lowest BCUT2D eigenvalue weighted by atomic mass is 10.2. The molecule has 4 nitrogen and oxygen atoms in total. The normalized spacial score (nSPS) is 10.0. The number of thioether (sulfide) groups is 1. The number of carbonyl (C=O) groups excluding carboxylic acids is 3. The van der Waals surface area contributed by atoms with Crippen molar-refractivity contribution in [2.45, 2.75) is 11.8 Å². The van der Waals surface area contributed by atoms with Gasteiger partial charge in [0.15, 0.2) is 0 Å². The van der Waals surface area contributed by atoms with Crippen molar-refractivity contribution in [1.82, 2.24) is 5.32 Å². The molecule has 0 radical (unpaired) electrons. The molecular weight excluding hydrogens is 298 g/mol. The maximum atomic E-state index is 12.3. The molecule has 0 aliphatic carbocycles. The third kappa shape index (κ3) is 4.05. The Balaban J connectivity index is 2.21. The minimum absolute atomic E-state index is 0.0519. The molecule has 0 aliphatic heterocycles. The summed E-state index contributed by atoms with van der Waals surface area (Å²) in [5.41, 5.74) is 1.98. The van der Waals surface area contributed by atoms with Gasteiger partial charge in [0.2, 0.25) is 5.12 Å². The molecule has 112 valence electrons. The number of aldehydes is 1. The summed E-state index contributed by atoms with van der Waals surface area (Å²) in [5.74, 6) is -0.368. The van der Waals surface area contributed by atoms with E-state index >= 15 is 0 Å². The van der Waals surface area contributed by atoms with Gasteiger partial charge in [0, 0.05) is 10.5 Å². The molecule has 0 spiro atoms. The SMILES string of the molecule is Cc1cccc(C(=O)Sc2ccccc2C(=O)NCC=O)c1. The Bertz CT molecular complexity index is 713. The molecule has 22 heavy (non-hydrogen) atoms. The number of amides is 1. The largest absolute Gasteiger partial charge is 0.345 e. The highest BCUT2D eigenvalue weighted by molar-refractivity contribution is 8.14. The van der Waals surface area contributed by atoms with Crippen LogP contribution in [0.3, 0.4) is 0 Å². The van der Waals surface area contributed by atoms with Crippen molar-refractivity contribution in [3.63, 3.8) is 0 Å². The van der Waals surface area contributed by atoms with Gasteiger partial charge in [-0.3, -0.25) is 9.59 Å². The predicted octanol–water partition coefficient (Wildman–Crippen LogP) is 2.86. The highest BCUT2D eigenvalue weighted by Crippen LogP contribution is 2.26. The summed E-state index contributed by atoms with van der Waals surface area (Å²) in [6.45, 7) is 1.87. The van der Waals surface area contributed by atoms with Crippen LogP contribution < -0.4 is 5.32 Å². The predicted molar refractivity (Wildman–Crippen MR) is 86.2 cm³/mol. The van der Waals surface area contributed by atoms with E-state index in [2.05, 4.69) is 5.32 Å². The Hall–Kier alpha value is -2.40. The maximum absolute atomic E-state index is 12.3. The summed E-state index contributed by atoms with van der Waals surface area (Å²) in [6, 6.07) is 14.1. The van der Waals surface area contributed by atoms with Crippen molar-refractivity contribution >= 4 is 29.1 Å². The number of rotatable bonds is 5. The Labute approximate surface area is 132 Å². The summed E-state index contributed by atoms with van der Waals surface area (Å²) < 4.78 is 0. The quantitative estimate of drug-likeness (QED) is 0.681. The van der Waals surface area contributed by atoms with Crippen LogP contribution >= 0.6 is 11.8 Å². The monoisotopic (exact) mass is 313 g/mol. The van der Waals surface area contributed by atoms with Crippen LogP contribution in [0.5, 0.6) is 0 Å². The number of hydrogen-bond donors (Lipinski definition) is 1. The number of nitrogens with one attached hydrogen (secondary N) is 1. The average Bonchev–Trinajstić information content (AvgIpc) is 2.53. The molecule has 0 bridgehead atoms. The Morgan fingerprint density at radius 2 is 1.91 bits per heavy atom. The first-order valence-electron chi connectivity index (χ1n) is 6.71. The molecule has 0 fully saturated rings. The number of hydrogen-bond acceptors (Lipinski definition) is 4. The molecule has 0 saturated carbocycles. The van der Waals surface area contributed by atoms with Crippen LogP contribution in [0, 0.1) is 6.92 Å². The van der Waals surface area contributed by atoms with E-state index in [1.54, 1.807) is 30.3 Å². The van der Waals surface area contributed by atoms with E-state index in [0.29, 0.717) is 22.3 Å². The molecule has 5 heteroatoms. The van der Waals surface area contributed by atoms with Crippen molar-refractivity contribution in [1.29, 1.82) is 0 Å². The van der Waals surface area contributed by atoms with Gasteiger partial charge in [0.25, 0.3) is 5.91 Å². The molecule has 2 aromatic rings. The van der Waals surface area contributed by atoms with Gasteiger partial charge in [-0.1, -0.05) is 35.9 Å². The van der Waals surface area contributed by atoms with Crippen molar-refractivity contribution in [2.75, 3.05) is 6.54 Å². The maximum Gasteiger partial charge on any atom is 0.252 e. The summed E-state index contributed by atoms with van der Waals surface area (Å²) in [7, 11) is 0. The Morgan fingerprint density at radius 1 is 1.14 bits per heavy atom. The first kappa shape index (κ1) is 16.0. The van der Waals surface area contributed by atoms with E-state index in [4.69, 9.17) is 0 Å². The van der Waals surface area contributed by atoms with Crippen LogP contribution in [0.15, 0.2) is 53.4 Å². The van der Waals surface area contributed by atoms with Crippen molar-refractivity contribution in [3.05, 3.63) is 65.2 Å². The summed E-state index contributed by atoms with van der Waals surface area (Å²) in [5, 5.41) is 2.35. The fraction of sp³-hybridized carbons (Fsp3) is 0.118. The van der Waals surface area contributed by atoms with Crippen molar-refractivity contribution < 1.29 is 14.4 Å². The van der Waals surface area contributed by atoms with Gasteiger partial charge in [-0.05, 0) is 36.9 Å². The molecule has 0 saturated heterocycles. The third-order valence-electron chi connectivity index (χ3n) is 2.93. The second-order valence-corrected chi connectivity index (χ2v) is 5.65. The van der Waals surface area contributed by atoms with Gasteiger partial charge in [-0.25, -0.2) is 0 Å². The van der Waals surface area contributed by atoms with E-state index < -0.39 is 0 Å². The molecule has 0 heterocycles. The minimum Gasteiger partial charge on any atom is -0.345 e. The lowest BCUT2D eigenvalue weighted by Gasteiger charge is -2.08. The van der Waals surface area contributed by atoms with E-state index in [0.717, 1.165) is 17.3 Å². The summed E-state index contributed by atoms with van der Waals surface area (Å²) >= 11 is 1.01. The first-order valence-corrected chi connectivity index (χ1v) is 7.53. The fourth-order valence-corrected chi connectivity index (χ4v) is 2.77. The van der Waals surface area contributed by atoms with Gasteiger partial charge in [-0.2, -0.15) is 0 Å². The minimum atomic E-state index is -0.368. The van der Waals surface area contributed by atoms with Crippen molar-refractivity contribution in [3.8, 4) is 0 Å². The Kier molecular flexibility index (Phi) is 5.49.